The minimum absolute atomic E-state index is 0.201. The van der Waals surface area contributed by atoms with E-state index in [2.05, 4.69) is 24.1 Å². The Morgan fingerprint density at radius 3 is 2.60 bits per heavy atom. The number of aryl methyl sites for hydroxylation is 1. The van der Waals surface area contributed by atoms with Crippen molar-refractivity contribution in [2.75, 3.05) is 26.2 Å². The number of hydrogen-bond donors (Lipinski definition) is 1. The maximum atomic E-state index is 10.9. The largest absolute Gasteiger partial charge is 0.313 e. The van der Waals surface area contributed by atoms with Crippen LogP contribution >= 0.6 is 0 Å². The van der Waals surface area contributed by atoms with Crippen molar-refractivity contribution in [1.29, 1.82) is 0 Å². The third-order valence-electron chi connectivity index (χ3n) is 3.52. The van der Waals surface area contributed by atoms with Crippen LogP contribution in [0.4, 0.5) is 5.69 Å². The quantitative estimate of drug-likeness (QED) is 0.429. The first-order valence-corrected chi connectivity index (χ1v) is 7.25. The predicted molar refractivity (Wildman–Crippen MR) is 81.9 cm³/mol. The average molecular weight is 279 g/mol. The van der Waals surface area contributed by atoms with Crippen LogP contribution in [0.3, 0.4) is 0 Å². The fourth-order valence-electron chi connectivity index (χ4n) is 2.16. The summed E-state index contributed by atoms with van der Waals surface area (Å²) in [6, 6.07) is 5.41. The highest BCUT2D eigenvalue weighted by molar-refractivity contribution is 5.42. The lowest BCUT2D eigenvalue weighted by atomic mass is 10.1. The van der Waals surface area contributed by atoms with E-state index in [0.717, 1.165) is 38.2 Å². The molecule has 1 aromatic carbocycles. The van der Waals surface area contributed by atoms with Crippen LogP contribution in [0.5, 0.6) is 0 Å². The van der Waals surface area contributed by atoms with E-state index in [1.165, 1.54) is 0 Å². The number of nitro groups is 1. The number of nitrogens with one attached hydrogen (secondary N) is 1. The molecule has 20 heavy (non-hydrogen) atoms. The molecular formula is C15H25N3O2. The van der Waals surface area contributed by atoms with Gasteiger partial charge in [-0.1, -0.05) is 26.0 Å². The summed E-state index contributed by atoms with van der Waals surface area (Å²) in [7, 11) is 0. The van der Waals surface area contributed by atoms with Crippen LogP contribution in [0.25, 0.3) is 0 Å². The maximum Gasteiger partial charge on any atom is 0.272 e. The minimum atomic E-state index is -0.320. The standard InChI is InChI=1S/C15H25N3O2/c1-4-17(5-2)10-6-9-16-12-14-8-7-13(3)15(11-14)18(19)20/h7-8,11,16H,4-6,9-10,12H2,1-3H3. The van der Waals surface area contributed by atoms with E-state index in [4.69, 9.17) is 0 Å². The van der Waals surface area contributed by atoms with E-state index in [0.29, 0.717) is 12.1 Å². The molecule has 0 aliphatic heterocycles. The van der Waals surface area contributed by atoms with E-state index in [9.17, 15) is 10.1 Å². The van der Waals surface area contributed by atoms with Gasteiger partial charge in [-0.3, -0.25) is 10.1 Å². The highest BCUT2D eigenvalue weighted by Gasteiger charge is 2.10. The molecule has 0 aromatic heterocycles. The van der Waals surface area contributed by atoms with Gasteiger partial charge in [0.15, 0.2) is 0 Å². The zero-order valence-electron chi connectivity index (χ0n) is 12.7. The summed E-state index contributed by atoms with van der Waals surface area (Å²) in [5, 5.41) is 14.2. The zero-order valence-corrected chi connectivity index (χ0v) is 12.7. The first-order chi connectivity index (χ1) is 9.58. The second kappa shape index (κ2) is 8.66. The second-order valence-electron chi connectivity index (χ2n) is 4.94. The molecule has 0 unspecified atom stereocenters. The van der Waals surface area contributed by atoms with Gasteiger partial charge in [0.1, 0.15) is 0 Å². The Labute approximate surface area is 121 Å². The first-order valence-electron chi connectivity index (χ1n) is 7.25. The lowest BCUT2D eigenvalue weighted by Crippen LogP contribution is -2.27. The van der Waals surface area contributed by atoms with Gasteiger partial charge < -0.3 is 10.2 Å². The summed E-state index contributed by atoms with van der Waals surface area (Å²) >= 11 is 0. The molecular weight excluding hydrogens is 254 g/mol. The predicted octanol–water partition coefficient (Wildman–Crippen LogP) is 2.72. The Morgan fingerprint density at radius 1 is 1.30 bits per heavy atom. The minimum Gasteiger partial charge on any atom is -0.313 e. The number of nitrogens with zero attached hydrogens (tertiary/aromatic N) is 2. The van der Waals surface area contributed by atoms with Crippen LogP contribution in [0, 0.1) is 17.0 Å². The molecule has 1 N–H and O–H groups in total. The van der Waals surface area contributed by atoms with Crippen LogP contribution in [-0.2, 0) is 6.54 Å². The summed E-state index contributed by atoms with van der Waals surface area (Å²) in [4.78, 5) is 12.9. The summed E-state index contributed by atoms with van der Waals surface area (Å²) in [6.45, 7) is 11.0. The van der Waals surface area contributed by atoms with Crippen molar-refractivity contribution in [3.05, 3.63) is 39.4 Å². The second-order valence-corrected chi connectivity index (χ2v) is 4.94. The fourth-order valence-corrected chi connectivity index (χ4v) is 2.16. The van der Waals surface area contributed by atoms with Gasteiger partial charge in [-0.2, -0.15) is 0 Å². The number of benzene rings is 1. The van der Waals surface area contributed by atoms with Gasteiger partial charge in [0.05, 0.1) is 4.92 Å². The highest BCUT2D eigenvalue weighted by atomic mass is 16.6. The smallest absolute Gasteiger partial charge is 0.272 e. The molecule has 0 saturated carbocycles. The van der Waals surface area contributed by atoms with E-state index < -0.39 is 0 Å². The van der Waals surface area contributed by atoms with Crippen molar-refractivity contribution in [3.8, 4) is 0 Å². The Bertz CT molecular complexity index is 431. The SMILES string of the molecule is CCN(CC)CCCNCc1ccc(C)c([N+](=O)[O-])c1. The van der Waals surface area contributed by atoms with Crippen molar-refractivity contribution in [2.45, 2.75) is 33.7 Å². The van der Waals surface area contributed by atoms with E-state index in [-0.39, 0.29) is 10.6 Å². The molecule has 0 bridgehead atoms. The van der Waals surface area contributed by atoms with E-state index in [1.807, 2.05) is 12.1 Å². The first kappa shape index (κ1) is 16.6. The third-order valence-corrected chi connectivity index (χ3v) is 3.52. The number of rotatable bonds is 9. The van der Waals surface area contributed by atoms with Crippen LogP contribution in [0.1, 0.15) is 31.4 Å². The average Bonchev–Trinajstić information content (AvgIpc) is 2.44. The van der Waals surface area contributed by atoms with E-state index >= 15 is 0 Å². The van der Waals surface area contributed by atoms with E-state index in [1.54, 1.807) is 13.0 Å². The maximum absolute atomic E-state index is 10.9. The Balaban J connectivity index is 2.35. The molecule has 0 atom stereocenters. The fraction of sp³-hybridized carbons (Fsp3) is 0.600. The molecule has 0 spiro atoms. The van der Waals surface area contributed by atoms with Crippen LogP contribution in [0.15, 0.2) is 18.2 Å². The molecule has 0 aliphatic rings. The molecule has 0 heterocycles. The van der Waals surface area contributed by atoms with Crippen molar-refractivity contribution in [2.24, 2.45) is 0 Å². The third kappa shape index (κ3) is 5.27. The monoisotopic (exact) mass is 279 g/mol. The highest BCUT2D eigenvalue weighted by Crippen LogP contribution is 2.18. The van der Waals surface area contributed by atoms with Crippen LogP contribution in [-0.4, -0.2) is 36.0 Å². The van der Waals surface area contributed by atoms with Crippen molar-refractivity contribution >= 4 is 5.69 Å². The summed E-state index contributed by atoms with van der Waals surface area (Å²) < 4.78 is 0. The molecule has 0 fully saturated rings. The Kier molecular flexibility index (Phi) is 7.18. The Morgan fingerprint density at radius 2 is 2.00 bits per heavy atom. The van der Waals surface area contributed by atoms with Gasteiger partial charge >= 0.3 is 0 Å². The van der Waals surface area contributed by atoms with Crippen molar-refractivity contribution in [3.63, 3.8) is 0 Å². The lowest BCUT2D eigenvalue weighted by Gasteiger charge is -2.17. The summed E-state index contributed by atoms with van der Waals surface area (Å²) in [5.74, 6) is 0. The van der Waals surface area contributed by atoms with Gasteiger partial charge in [-0.25, -0.2) is 0 Å². The molecule has 112 valence electrons. The Hall–Kier alpha value is -1.46. The molecule has 5 heteroatoms. The van der Waals surface area contributed by atoms with Gasteiger partial charge in [0, 0.05) is 18.2 Å². The molecule has 0 radical (unpaired) electrons. The number of nitro benzene ring substituents is 1. The molecule has 0 saturated heterocycles. The van der Waals surface area contributed by atoms with Crippen LogP contribution in [0.2, 0.25) is 0 Å². The molecule has 0 aliphatic carbocycles. The summed E-state index contributed by atoms with van der Waals surface area (Å²) in [5.41, 5.74) is 1.87. The molecule has 0 amide bonds. The number of hydrogen-bond acceptors (Lipinski definition) is 4. The van der Waals surface area contributed by atoms with Crippen molar-refractivity contribution < 1.29 is 4.92 Å². The topological polar surface area (TPSA) is 58.4 Å². The summed E-state index contributed by atoms with van der Waals surface area (Å²) in [6.07, 6.45) is 1.09. The molecule has 1 aromatic rings. The zero-order chi connectivity index (χ0) is 15.0. The van der Waals surface area contributed by atoms with Gasteiger partial charge in [0.25, 0.3) is 5.69 Å². The van der Waals surface area contributed by atoms with Crippen molar-refractivity contribution in [1.82, 2.24) is 10.2 Å². The van der Waals surface area contributed by atoms with Crippen LogP contribution < -0.4 is 5.32 Å². The lowest BCUT2D eigenvalue weighted by molar-refractivity contribution is -0.385. The van der Waals surface area contributed by atoms with Gasteiger partial charge in [-0.15, -0.1) is 0 Å². The van der Waals surface area contributed by atoms with Gasteiger partial charge in [-0.05, 0) is 45.1 Å². The molecule has 1 rings (SSSR count). The normalized spacial score (nSPS) is 11.0. The molecule has 5 nitrogen and oxygen atoms in total. The van der Waals surface area contributed by atoms with Gasteiger partial charge in [0.2, 0.25) is 0 Å².